The maximum Gasteiger partial charge on any atom is 0.182 e. The molecule has 28 heavy (non-hydrogen) atoms. The zero-order valence-corrected chi connectivity index (χ0v) is 16.2. The van der Waals surface area contributed by atoms with Gasteiger partial charge in [-0.15, -0.1) is 11.3 Å². The van der Waals surface area contributed by atoms with E-state index in [0.29, 0.717) is 13.2 Å². The number of aromatic amines is 1. The quantitative estimate of drug-likeness (QED) is 0.550. The number of aromatic nitrogens is 1. The van der Waals surface area contributed by atoms with Gasteiger partial charge in [-0.05, 0) is 40.3 Å². The summed E-state index contributed by atoms with van der Waals surface area (Å²) in [5, 5.41) is 2.23. The largest absolute Gasteiger partial charge is 0.378 e. The number of hydrogen-bond acceptors (Lipinski definition) is 4. The van der Waals surface area contributed by atoms with Crippen LogP contribution in [0.4, 0.5) is 5.00 Å². The number of morpholine rings is 1. The maximum atomic E-state index is 12.3. The van der Waals surface area contributed by atoms with Gasteiger partial charge >= 0.3 is 0 Å². The third-order valence-corrected chi connectivity index (χ3v) is 6.29. The Labute approximate surface area is 167 Å². The molecular formula is C23H20N2O2S. The molecule has 2 aromatic carbocycles. The van der Waals surface area contributed by atoms with E-state index in [0.717, 1.165) is 34.0 Å². The smallest absolute Gasteiger partial charge is 0.182 e. The van der Waals surface area contributed by atoms with Gasteiger partial charge in [-0.2, -0.15) is 0 Å². The van der Waals surface area contributed by atoms with Crippen molar-refractivity contribution in [3.8, 4) is 21.6 Å². The molecule has 0 bridgehead atoms. The summed E-state index contributed by atoms with van der Waals surface area (Å²) in [5.74, 6) is 0. The van der Waals surface area contributed by atoms with E-state index in [2.05, 4.69) is 58.4 Å². The second-order valence-electron chi connectivity index (χ2n) is 6.95. The number of hydrogen-bond donors (Lipinski definition) is 1. The molecule has 0 aliphatic carbocycles. The first kappa shape index (κ1) is 17.2. The minimum atomic E-state index is 0.0530. The third kappa shape index (κ3) is 3.35. The molecule has 0 saturated carbocycles. The van der Waals surface area contributed by atoms with Crippen molar-refractivity contribution in [2.75, 3.05) is 31.2 Å². The summed E-state index contributed by atoms with van der Waals surface area (Å²) in [6, 6.07) is 20.4. The molecular weight excluding hydrogens is 368 g/mol. The Balaban J connectivity index is 1.46. The first-order valence-electron chi connectivity index (χ1n) is 9.42. The van der Waals surface area contributed by atoms with E-state index in [1.54, 1.807) is 23.5 Å². The Morgan fingerprint density at radius 2 is 1.61 bits per heavy atom. The highest BCUT2D eigenvalue weighted by Crippen LogP contribution is 2.32. The van der Waals surface area contributed by atoms with Crippen LogP contribution in [0.2, 0.25) is 0 Å². The first-order chi connectivity index (χ1) is 13.8. The van der Waals surface area contributed by atoms with Crippen molar-refractivity contribution in [2.45, 2.75) is 0 Å². The summed E-state index contributed by atoms with van der Waals surface area (Å²) < 4.78 is 5.43. The zero-order valence-electron chi connectivity index (χ0n) is 15.4. The highest BCUT2D eigenvalue weighted by Gasteiger charge is 2.14. The summed E-state index contributed by atoms with van der Waals surface area (Å²) in [7, 11) is 0. The van der Waals surface area contributed by atoms with Crippen LogP contribution >= 0.6 is 11.3 Å². The molecule has 1 saturated heterocycles. The molecule has 4 aromatic rings. The minimum Gasteiger partial charge on any atom is -0.378 e. The summed E-state index contributed by atoms with van der Waals surface area (Å²) in [5.41, 5.74) is 4.63. The molecule has 4 nitrogen and oxygen atoms in total. The maximum absolute atomic E-state index is 12.3. The molecule has 0 amide bonds. The van der Waals surface area contributed by atoms with Gasteiger partial charge in [0.15, 0.2) is 5.43 Å². The Morgan fingerprint density at radius 1 is 0.857 bits per heavy atom. The minimum absolute atomic E-state index is 0.0530. The van der Waals surface area contributed by atoms with Crippen LogP contribution in [0.1, 0.15) is 0 Å². The lowest BCUT2D eigenvalue weighted by Gasteiger charge is -2.28. The lowest BCUT2D eigenvalue weighted by molar-refractivity contribution is 0.123. The van der Waals surface area contributed by atoms with Crippen molar-refractivity contribution in [2.24, 2.45) is 0 Å². The predicted octanol–water partition coefficient (Wildman–Crippen LogP) is 4.76. The molecule has 0 unspecified atom stereocenters. The Morgan fingerprint density at radius 3 is 2.43 bits per heavy atom. The number of rotatable bonds is 3. The molecule has 5 rings (SSSR count). The van der Waals surface area contributed by atoms with E-state index >= 15 is 0 Å². The molecule has 140 valence electrons. The second kappa shape index (κ2) is 7.26. The Hall–Kier alpha value is -2.89. The van der Waals surface area contributed by atoms with E-state index in [-0.39, 0.29) is 5.43 Å². The van der Waals surface area contributed by atoms with Gasteiger partial charge in [0.25, 0.3) is 0 Å². The van der Waals surface area contributed by atoms with Crippen molar-refractivity contribution in [3.05, 3.63) is 77.1 Å². The van der Waals surface area contributed by atoms with Crippen LogP contribution < -0.4 is 10.3 Å². The van der Waals surface area contributed by atoms with Crippen molar-refractivity contribution in [3.63, 3.8) is 0 Å². The molecule has 3 heterocycles. The highest BCUT2D eigenvalue weighted by molar-refractivity contribution is 7.19. The Bertz CT molecular complexity index is 1170. The lowest BCUT2D eigenvalue weighted by Crippen LogP contribution is -2.36. The van der Waals surface area contributed by atoms with Gasteiger partial charge in [0, 0.05) is 41.8 Å². The second-order valence-corrected chi connectivity index (χ2v) is 8.01. The van der Waals surface area contributed by atoms with Crippen LogP contribution in [0.25, 0.3) is 32.5 Å². The van der Waals surface area contributed by atoms with Gasteiger partial charge < -0.3 is 14.6 Å². The zero-order chi connectivity index (χ0) is 18.9. The molecule has 2 aromatic heterocycles. The summed E-state index contributed by atoms with van der Waals surface area (Å²) in [6.45, 7) is 3.09. The number of nitrogens with one attached hydrogen (secondary N) is 1. The van der Waals surface area contributed by atoms with Crippen LogP contribution in [0.5, 0.6) is 0 Å². The van der Waals surface area contributed by atoms with Crippen LogP contribution in [-0.4, -0.2) is 31.3 Å². The van der Waals surface area contributed by atoms with E-state index in [1.807, 2.05) is 6.20 Å². The molecule has 0 atom stereocenters. The van der Waals surface area contributed by atoms with E-state index in [4.69, 9.17) is 4.74 Å². The van der Waals surface area contributed by atoms with Crippen LogP contribution in [0, 0.1) is 0 Å². The van der Waals surface area contributed by atoms with Gasteiger partial charge in [0.05, 0.1) is 18.2 Å². The number of anilines is 1. The van der Waals surface area contributed by atoms with E-state index in [9.17, 15) is 4.79 Å². The monoisotopic (exact) mass is 388 g/mol. The lowest BCUT2D eigenvalue weighted by atomic mass is 10.0. The molecule has 5 heteroatoms. The summed E-state index contributed by atoms with van der Waals surface area (Å²) in [6.07, 6.45) is 1.96. The van der Waals surface area contributed by atoms with Crippen molar-refractivity contribution in [1.29, 1.82) is 0 Å². The summed E-state index contributed by atoms with van der Waals surface area (Å²) >= 11 is 1.67. The predicted molar refractivity (Wildman–Crippen MR) is 116 cm³/mol. The van der Waals surface area contributed by atoms with Crippen molar-refractivity contribution in [1.82, 2.24) is 4.98 Å². The Kier molecular flexibility index (Phi) is 4.47. The average molecular weight is 388 g/mol. The van der Waals surface area contributed by atoms with Crippen LogP contribution in [0.15, 0.2) is 71.7 Å². The fourth-order valence-corrected chi connectivity index (χ4v) is 4.75. The third-order valence-electron chi connectivity index (χ3n) is 5.13. The molecule has 0 spiro atoms. The van der Waals surface area contributed by atoms with Gasteiger partial charge in [0.1, 0.15) is 0 Å². The normalized spacial score (nSPS) is 14.5. The fraction of sp³-hybridized carbons (Fsp3) is 0.174. The molecule has 1 fully saturated rings. The van der Waals surface area contributed by atoms with Gasteiger partial charge in [-0.25, -0.2) is 0 Å². The highest BCUT2D eigenvalue weighted by atomic mass is 32.1. The van der Waals surface area contributed by atoms with Gasteiger partial charge in [-0.1, -0.05) is 30.3 Å². The van der Waals surface area contributed by atoms with Crippen LogP contribution in [-0.2, 0) is 4.74 Å². The van der Waals surface area contributed by atoms with Crippen molar-refractivity contribution >= 4 is 27.2 Å². The average Bonchev–Trinajstić information content (AvgIpc) is 3.22. The molecule has 1 N–H and O–H groups in total. The molecule has 1 aliphatic heterocycles. The standard InChI is InChI=1S/C23H20N2O2S/c26-20-14-22(28-23(15-20)25-9-11-27-12-10-25)17-3-1-16(2-4-17)18-5-6-21-19(13-18)7-8-24-21/h1-8,13-15,24H,9-12H2. The first-order valence-corrected chi connectivity index (χ1v) is 10.2. The number of fused-ring (bicyclic) bond motifs is 1. The number of H-pyrrole nitrogens is 1. The molecule has 0 radical (unpaired) electrons. The topological polar surface area (TPSA) is 45.3 Å². The van der Waals surface area contributed by atoms with E-state index in [1.165, 1.54) is 16.5 Å². The summed E-state index contributed by atoms with van der Waals surface area (Å²) in [4.78, 5) is 18.7. The van der Waals surface area contributed by atoms with Gasteiger partial charge in [0.2, 0.25) is 0 Å². The van der Waals surface area contributed by atoms with E-state index < -0.39 is 0 Å². The number of ether oxygens (including phenoxy) is 1. The fourth-order valence-electron chi connectivity index (χ4n) is 3.61. The SMILES string of the molecule is O=c1cc(-c2ccc(-c3ccc4[nH]ccc4c3)cc2)sc(N2CCOCC2)c1. The molecule has 1 aliphatic rings. The number of nitrogens with zero attached hydrogens (tertiary/aromatic N) is 1. The van der Waals surface area contributed by atoms with Gasteiger partial charge in [-0.3, -0.25) is 4.79 Å². The van der Waals surface area contributed by atoms with Crippen LogP contribution in [0.3, 0.4) is 0 Å². The number of benzene rings is 2. The van der Waals surface area contributed by atoms with Crippen molar-refractivity contribution < 1.29 is 4.74 Å².